The van der Waals surface area contributed by atoms with E-state index in [9.17, 15) is 22.4 Å². The van der Waals surface area contributed by atoms with Gasteiger partial charge in [0.05, 0.1) is 32.1 Å². The zero-order valence-corrected chi connectivity index (χ0v) is 16.1. The number of pyridine rings is 1. The minimum absolute atomic E-state index is 0.0125. The van der Waals surface area contributed by atoms with Gasteiger partial charge in [-0.2, -0.15) is 9.37 Å². The highest BCUT2D eigenvalue weighted by Crippen LogP contribution is 2.31. The van der Waals surface area contributed by atoms with Crippen molar-refractivity contribution in [3.63, 3.8) is 0 Å². The molecule has 7 nitrogen and oxygen atoms in total. The summed E-state index contributed by atoms with van der Waals surface area (Å²) in [6.45, 7) is 1.33. The average Bonchev–Trinajstić information content (AvgIpc) is 2.70. The van der Waals surface area contributed by atoms with Crippen LogP contribution >= 0.6 is 0 Å². The molecule has 0 aliphatic carbocycles. The zero-order valence-electron chi connectivity index (χ0n) is 16.1. The van der Waals surface area contributed by atoms with Gasteiger partial charge in [0, 0.05) is 12.3 Å². The van der Waals surface area contributed by atoms with Crippen molar-refractivity contribution in [3.05, 3.63) is 69.3 Å². The second-order valence-corrected chi connectivity index (χ2v) is 6.18. The molecule has 0 spiro atoms. The van der Waals surface area contributed by atoms with Gasteiger partial charge in [0.15, 0.2) is 23.2 Å². The number of hydrogen-bond acceptors (Lipinski definition) is 6. The van der Waals surface area contributed by atoms with Gasteiger partial charge in [-0.15, -0.1) is 0 Å². The van der Waals surface area contributed by atoms with Crippen LogP contribution in [0.1, 0.15) is 11.3 Å². The molecule has 0 saturated carbocycles. The van der Waals surface area contributed by atoms with Gasteiger partial charge in [-0.05, 0) is 24.6 Å². The lowest BCUT2D eigenvalue weighted by Gasteiger charge is -2.17. The zero-order chi connectivity index (χ0) is 22.0. The minimum Gasteiger partial charge on any atom is -0.491 e. The van der Waals surface area contributed by atoms with Crippen LogP contribution in [-0.2, 0) is 6.54 Å². The van der Waals surface area contributed by atoms with Crippen LogP contribution in [0.3, 0.4) is 0 Å². The fourth-order valence-corrected chi connectivity index (χ4v) is 2.69. The Morgan fingerprint density at radius 3 is 2.27 bits per heavy atom. The van der Waals surface area contributed by atoms with Gasteiger partial charge in [-0.3, -0.25) is 4.79 Å². The first-order chi connectivity index (χ1) is 14.2. The number of hydrogen-bond donors (Lipinski definition) is 1. The Bertz CT molecular complexity index is 1140. The lowest BCUT2D eigenvalue weighted by molar-refractivity contribution is 0.342. The molecule has 0 atom stereocenters. The van der Waals surface area contributed by atoms with E-state index in [4.69, 9.17) is 9.47 Å². The van der Waals surface area contributed by atoms with Crippen LogP contribution in [0.25, 0.3) is 0 Å². The number of anilines is 2. The van der Waals surface area contributed by atoms with Gasteiger partial charge in [0.25, 0.3) is 5.88 Å². The largest absolute Gasteiger partial charge is 0.491 e. The first-order valence-corrected chi connectivity index (χ1v) is 8.50. The molecule has 0 fully saturated rings. The van der Waals surface area contributed by atoms with Crippen LogP contribution in [0.5, 0.6) is 11.6 Å². The van der Waals surface area contributed by atoms with Gasteiger partial charge < -0.3 is 19.4 Å². The monoisotopic (exact) mass is 424 g/mol. The predicted molar refractivity (Wildman–Crippen MR) is 99.2 cm³/mol. The number of aryl methyl sites for hydroxylation is 1. The summed E-state index contributed by atoms with van der Waals surface area (Å²) in [5, 5.41) is 2.82. The molecule has 1 aromatic carbocycles. The van der Waals surface area contributed by atoms with Crippen LogP contribution in [0.2, 0.25) is 0 Å². The van der Waals surface area contributed by atoms with Gasteiger partial charge in [0.1, 0.15) is 0 Å². The number of halogens is 4. The molecular formula is C19H16F4N4O3. The highest BCUT2D eigenvalue weighted by molar-refractivity contribution is 5.61. The van der Waals surface area contributed by atoms with E-state index in [0.717, 1.165) is 22.9 Å². The molecule has 30 heavy (non-hydrogen) atoms. The summed E-state index contributed by atoms with van der Waals surface area (Å²) < 4.78 is 65.5. The predicted octanol–water partition coefficient (Wildman–Crippen LogP) is 3.31. The lowest BCUT2D eigenvalue weighted by atomic mass is 10.2. The Morgan fingerprint density at radius 1 is 1.00 bits per heavy atom. The normalized spacial score (nSPS) is 10.8. The molecule has 0 aliphatic heterocycles. The van der Waals surface area contributed by atoms with E-state index in [-0.39, 0.29) is 29.7 Å². The fourth-order valence-electron chi connectivity index (χ4n) is 2.69. The topological polar surface area (TPSA) is 78.3 Å². The number of benzene rings is 1. The maximum atomic E-state index is 13.8. The van der Waals surface area contributed by atoms with Gasteiger partial charge in [-0.25, -0.2) is 18.2 Å². The van der Waals surface area contributed by atoms with E-state index in [2.05, 4.69) is 15.3 Å². The maximum absolute atomic E-state index is 13.8. The van der Waals surface area contributed by atoms with Gasteiger partial charge in [-0.1, -0.05) is 0 Å². The number of ether oxygens (including phenoxy) is 2. The Balaban J connectivity index is 2.04. The standard InChI is InChI=1S/C19H16F4N4O3/c1-9-14(6-15(29-2)18(24-9)30-3)25-19-26-17(28)13(22)8-27(19)7-10-4-11(20)16(23)12(21)5-10/h4-6,8H,7H2,1-3H3,(H,25,26,28). The highest BCUT2D eigenvalue weighted by atomic mass is 19.2. The molecule has 2 heterocycles. The van der Waals surface area contributed by atoms with Crippen molar-refractivity contribution in [3.8, 4) is 11.6 Å². The Hall–Kier alpha value is -3.63. The van der Waals surface area contributed by atoms with Crippen molar-refractivity contribution in [2.45, 2.75) is 13.5 Å². The summed E-state index contributed by atoms with van der Waals surface area (Å²) in [6, 6.07) is 3.06. The average molecular weight is 424 g/mol. The third kappa shape index (κ3) is 4.19. The van der Waals surface area contributed by atoms with Gasteiger partial charge in [0.2, 0.25) is 11.8 Å². The van der Waals surface area contributed by atoms with Crippen molar-refractivity contribution in [1.29, 1.82) is 0 Å². The second kappa shape index (κ2) is 8.39. The van der Waals surface area contributed by atoms with Crippen molar-refractivity contribution >= 4 is 11.6 Å². The molecule has 0 aliphatic rings. The molecule has 0 radical (unpaired) electrons. The quantitative estimate of drug-likeness (QED) is 0.483. The Labute approximate surface area is 167 Å². The first kappa shape index (κ1) is 21.1. The van der Waals surface area contributed by atoms with E-state index < -0.39 is 28.8 Å². The maximum Gasteiger partial charge on any atom is 0.310 e. The fraction of sp³-hybridized carbons (Fsp3) is 0.211. The van der Waals surface area contributed by atoms with Gasteiger partial charge >= 0.3 is 5.56 Å². The number of aromatic nitrogens is 3. The molecule has 0 saturated heterocycles. The SMILES string of the molecule is COc1cc(Nc2nc(=O)c(F)cn2Cc2cc(F)c(F)c(F)c2)c(C)nc1OC. The first-order valence-electron chi connectivity index (χ1n) is 8.50. The minimum atomic E-state index is -1.62. The molecule has 3 rings (SSSR count). The number of rotatable bonds is 6. The van der Waals surface area contributed by atoms with Crippen LogP contribution in [0.15, 0.2) is 29.2 Å². The van der Waals surface area contributed by atoms with E-state index in [1.165, 1.54) is 20.3 Å². The summed E-state index contributed by atoms with van der Waals surface area (Å²) in [5.41, 5.74) is -0.356. The summed E-state index contributed by atoms with van der Waals surface area (Å²) in [5.74, 6) is -5.21. The summed E-state index contributed by atoms with van der Waals surface area (Å²) >= 11 is 0. The molecule has 1 N–H and O–H groups in total. The van der Waals surface area contributed by atoms with Crippen molar-refractivity contribution < 1.29 is 27.0 Å². The van der Waals surface area contributed by atoms with Crippen LogP contribution in [0, 0.1) is 30.2 Å². The summed E-state index contributed by atoms with van der Waals surface area (Å²) in [4.78, 5) is 19.6. The highest BCUT2D eigenvalue weighted by Gasteiger charge is 2.16. The van der Waals surface area contributed by atoms with E-state index in [1.54, 1.807) is 6.92 Å². The second-order valence-electron chi connectivity index (χ2n) is 6.18. The van der Waals surface area contributed by atoms with E-state index >= 15 is 0 Å². The number of nitrogens with one attached hydrogen (secondary N) is 1. The van der Waals surface area contributed by atoms with Crippen molar-refractivity contribution in [1.82, 2.24) is 14.5 Å². The molecule has 3 aromatic rings. The lowest BCUT2D eigenvalue weighted by Crippen LogP contribution is -2.20. The molecule has 0 bridgehead atoms. The van der Waals surface area contributed by atoms with E-state index in [1.807, 2.05) is 0 Å². The third-order valence-corrected chi connectivity index (χ3v) is 4.15. The van der Waals surface area contributed by atoms with Crippen molar-refractivity contribution in [2.24, 2.45) is 0 Å². The van der Waals surface area contributed by atoms with Crippen molar-refractivity contribution in [2.75, 3.05) is 19.5 Å². The molecular weight excluding hydrogens is 408 g/mol. The number of methoxy groups -OCH3 is 2. The third-order valence-electron chi connectivity index (χ3n) is 4.15. The molecule has 11 heteroatoms. The van der Waals surface area contributed by atoms with Crippen LogP contribution in [-0.4, -0.2) is 28.8 Å². The number of nitrogens with zero attached hydrogens (tertiary/aromatic N) is 3. The van der Waals surface area contributed by atoms with Crippen LogP contribution < -0.4 is 20.3 Å². The smallest absolute Gasteiger partial charge is 0.310 e. The van der Waals surface area contributed by atoms with E-state index in [0.29, 0.717) is 11.4 Å². The molecule has 0 unspecified atom stereocenters. The molecule has 158 valence electrons. The Morgan fingerprint density at radius 2 is 1.67 bits per heavy atom. The summed E-state index contributed by atoms with van der Waals surface area (Å²) in [7, 11) is 2.82. The molecule has 2 aromatic heterocycles. The summed E-state index contributed by atoms with van der Waals surface area (Å²) in [6.07, 6.45) is 0.820. The Kier molecular flexibility index (Phi) is 5.90. The van der Waals surface area contributed by atoms with Crippen LogP contribution in [0.4, 0.5) is 29.2 Å². The molecule has 0 amide bonds.